The van der Waals surface area contributed by atoms with Crippen molar-refractivity contribution >= 4 is 29.9 Å². The number of guanidine groups is 1. The number of ether oxygens (including phenoxy) is 3. The summed E-state index contributed by atoms with van der Waals surface area (Å²) in [6.45, 7) is 8.95. The Hall–Kier alpha value is -0.970. The zero-order chi connectivity index (χ0) is 21.1. The van der Waals surface area contributed by atoms with Crippen LogP contribution in [0.25, 0.3) is 0 Å². The summed E-state index contributed by atoms with van der Waals surface area (Å²) < 4.78 is 30.2. The molecule has 1 unspecified atom stereocenters. The molecule has 0 spiro atoms. The predicted molar refractivity (Wildman–Crippen MR) is 132 cm³/mol. The van der Waals surface area contributed by atoms with Crippen LogP contribution in [0.15, 0.2) is 29.3 Å². The third-order valence-electron chi connectivity index (χ3n) is 5.93. The fourth-order valence-electron chi connectivity index (χ4n) is 4.02. The van der Waals surface area contributed by atoms with Crippen molar-refractivity contribution in [3.05, 3.63) is 35.6 Å². The molecule has 0 bridgehead atoms. The van der Waals surface area contributed by atoms with Crippen LogP contribution in [0.4, 0.5) is 4.39 Å². The molecule has 176 valence electrons. The summed E-state index contributed by atoms with van der Waals surface area (Å²) in [5.74, 6) is 1.16. The minimum absolute atomic E-state index is 0. The second-order valence-corrected chi connectivity index (χ2v) is 8.18. The van der Waals surface area contributed by atoms with E-state index >= 15 is 0 Å². The molecule has 0 aliphatic carbocycles. The number of hydrogen-bond acceptors (Lipinski definition) is 4. The molecule has 2 heterocycles. The lowest BCUT2D eigenvalue weighted by atomic mass is 9.74. The molecule has 0 radical (unpaired) electrons. The van der Waals surface area contributed by atoms with E-state index in [4.69, 9.17) is 19.2 Å². The first-order valence-corrected chi connectivity index (χ1v) is 11.2. The van der Waals surface area contributed by atoms with Crippen LogP contribution in [0.1, 0.15) is 38.2 Å². The van der Waals surface area contributed by atoms with Gasteiger partial charge < -0.3 is 24.8 Å². The van der Waals surface area contributed by atoms with Crippen molar-refractivity contribution in [3.63, 3.8) is 0 Å². The topological polar surface area (TPSA) is 64.1 Å². The Kier molecular flexibility index (Phi) is 12.1. The highest BCUT2D eigenvalue weighted by Gasteiger charge is 2.34. The van der Waals surface area contributed by atoms with Crippen molar-refractivity contribution in [2.24, 2.45) is 10.9 Å². The van der Waals surface area contributed by atoms with Crippen molar-refractivity contribution in [1.29, 1.82) is 0 Å². The zero-order valence-electron chi connectivity index (χ0n) is 18.5. The first-order valence-electron chi connectivity index (χ1n) is 11.2. The van der Waals surface area contributed by atoms with Crippen LogP contribution in [0.2, 0.25) is 0 Å². The lowest BCUT2D eigenvalue weighted by Crippen LogP contribution is -2.41. The minimum atomic E-state index is -0.206. The van der Waals surface area contributed by atoms with Gasteiger partial charge in [-0.05, 0) is 50.3 Å². The van der Waals surface area contributed by atoms with Gasteiger partial charge in [0.15, 0.2) is 5.96 Å². The van der Waals surface area contributed by atoms with Gasteiger partial charge in [-0.2, -0.15) is 0 Å². The van der Waals surface area contributed by atoms with Crippen molar-refractivity contribution in [3.8, 4) is 0 Å². The van der Waals surface area contributed by atoms with Gasteiger partial charge in [0, 0.05) is 50.8 Å². The predicted octanol–water partition coefficient (Wildman–Crippen LogP) is 3.49. The highest BCUT2D eigenvalue weighted by atomic mass is 127. The first-order chi connectivity index (χ1) is 14.7. The van der Waals surface area contributed by atoms with E-state index in [1.165, 1.54) is 12.1 Å². The summed E-state index contributed by atoms with van der Waals surface area (Å²) in [6, 6.07) is 6.86. The molecule has 2 aliphatic heterocycles. The molecule has 2 aliphatic rings. The van der Waals surface area contributed by atoms with E-state index in [1.807, 2.05) is 12.1 Å². The number of aliphatic imine (C=N–C) groups is 1. The molecule has 3 rings (SSSR count). The fraction of sp³-hybridized carbons (Fsp3) is 0.696. The molecule has 31 heavy (non-hydrogen) atoms. The zero-order valence-corrected chi connectivity index (χ0v) is 20.9. The van der Waals surface area contributed by atoms with E-state index in [0.29, 0.717) is 25.7 Å². The Morgan fingerprint density at radius 1 is 1.16 bits per heavy atom. The SMILES string of the molecule is CCNC(=NCC1(c2ccc(F)cc2)CCOCC1)NCCCOCC1CCOC1.I. The van der Waals surface area contributed by atoms with Crippen LogP contribution in [0.5, 0.6) is 0 Å². The molecular formula is C23H37FIN3O3. The molecule has 1 aromatic carbocycles. The van der Waals surface area contributed by atoms with Crippen LogP contribution >= 0.6 is 24.0 Å². The van der Waals surface area contributed by atoms with Gasteiger partial charge in [0.05, 0.1) is 19.8 Å². The van der Waals surface area contributed by atoms with Crippen LogP contribution in [0.3, 0.4) is 0 Å². The largest absolute Gasteiger partial charge is 0.381 e. The lowest BCUT2D eigenvalue weighted by molar-refractivity contribution is 0.0530. The Labute approximate surface area is 202 Å². The molecule has 0 saturated carbocycles. The molecule has 6 nitrogen and oxygen atoms in total. The lowest BCUT2D eigenvalue weighted by Gasteiger charge is -2.36. The quantitative estimate of drug-likeness (QED) is 0.203. The molecule has 1 atom stereocenters. The maximum Gasteiger partial charge on any atom is 0.191 e. The van der Waals surface area contributed by atoms with Crippen LogP contribution < -0.4 is 10.6 Å². The molecule has 0 amide bonds. The summed E-state index contributed by atoms with van der Waals surface area (Å²) in [4.78, 5) is 4.88. The number of rotatable bonds is 10. The van der Waals surface area contributed by atoms with Crippen molar-refractivity contribution in [2.45, 2.75) is 38.0 Å². The molecular weight excluding hydrogens is 512 g/mol. The second kappa shape index (κ2) is 14.2. The average molecular weight is 549 g/mol. The van der Waals surface area contributed by atoms with Gasteiger partial charge in [0.25, 0.3) is 0 Å². The van der Waals surface area contributed by atoms with Gasteiger partial charge in [-0.3, -0.25) is 4.99 Å². The number of nitrogens with one attached hydrogen (secondary N) is 2. The van der Waals surface area contributed by atoms with Gasteiger partial charge in [0.2, 0.25) is 0 Å². The monoisotopic (exact) mass is 549 g/mol. The summed E-state index contributed by atoms with van der Waals surface area (Å²) >= 11 is 0. The Balaban J connectivity index is 0.00000341. The molecule has 2 saturated heterocycles. The molecule has 0 aromatic heterocycles. The van der Waals surface area contributed by atoms with Gasteiger partial charge in [0.1, 0.15) is 5.82 Å². The summed E-state index contributed by atoms with van der Waals surface area (Å²) in [5.41, 5.74) is 1.02. The van der Waals surface area contributed by atoms with Crippen molar-refractivity contribution in [1.82, 2.24) is 10.6 Å². The van der Waals surface area contributed by atoms with Gasteiger partial charge in [-0.1, -0.05) is 12.1 Å². The van der Waals surface area contributed by atoms with Crippen molar-refractivity contribution < 1.29 is 18.6 Å². The molecule has 2 N–H and O–H groups in total. The fourth-order valence-corrected chi connectivity index (χ4v) is 4.02. The maximum atomic E-state index is 13.4. The number of hydrogen-bond donors (Lipinski definition) is 2. The van der Waals surface area contributed by atoms with E-state index < -0.39 is 0 Å². The Morgan fingerprint density at radius 2 is 1.94 bits per heavy atom. The van der Waals surface area contributed by atoms with Crippen LogP contribution in [0, 0.1) is 11.7 Å². The Morgan fingerprint density at radius 3 is 2.61 bits per heavy atom. The standard InChI is InChI=1S/C23H36FN3O3.HI/c1-2-25-22(26-11-3-12-29-16-19-8-13-30-17-19)27-18-23(9-14-28-15-10-23)20-4-6-21(24)7-5-20;/h4-7,19H,2-3,8-18H2,1H3,(H2,25,26,27);1H. The van der Waals surface area contributed by atoms with E-state index in [0.717, 1.165) is 76.7 Å². The van der Waals surface area contributed by atoms with Crippen LogP contribution in [-0.2, 0) is 19.6 Å². The van der Waals surface area contributed by atoms with Gasteiger partial charge in [-0.15, -0.1) is 24.0 Å². The highest BCUT2D eigenvalue weighted by molar-refractivity contribution is 14.0. The van der Waals surface area contributed by atoms with Gasteiger partial charge >= 0.3 is 0 Å². The number of nitrogens with zero attached hydrogens (tertiary/aromatic N) is 1. The van der Waals surface area contributed by atoms with E-state index in [2.05, 4.69) is 17.6 Å². The van der Waals surface area contributed by atoms with Gasteiger partial charge in [-0.25, -0.2) is 4.39 Å². The summed E-state index contributed by atoms with van der Waals surface area (Å²) in [6.07, 6.45) is 3.81. The normalized spacial score (nSPS) is 20.8. The van der Waals surface area contributed by atoms with E-state index in [1.54, 1.807) is 0 Å². The van der Waals surface area contributed by atoms with Crippen molar-refractivity contribution in [2.75, 3.05) is 59.3 Å². The third-order valence-corrected chi connectivity index (χ3v) is 5.93. The summed E-state index contributed by atoms with van der Waals surface area (Å²) in [5, 5.41) is 6.74. The maximum absolute atomic E-state index is 13.4. The number of benzene rings is 1. The average Bonchev–Trinajstić information content (AvgIpc) is 3.29. The Bertz CT molecular complexity index is 648. The first kappa shape index (κ1) is 26.3. The van der Waals surface area contributed by atoms with E-state index in [9.17, 15) is 4.39 Å². The highest BCUT2D eigenvalue weighted by Crippen LogP contribution is 2.35. The smallest absolute Gasteiger partial charge is 0.191 e. The molecule has 2 fully saturated rings. The third kappa shape index (κ3) is 8.47. The summed E-state index contributed by atoms with van der Waals surface area (Å²) in [7, 11) is 0. The van der Waals surface area contributed by atoms with Crippen LogP contribution in [-0.4, -0.2) is 65.2 Å². The van der Waals surface area contributed by atoms with E-state index in [-0.39, 0.29) is 35.2 Å². The molecule has 8 heteroatoms. The minimum Gasteiger partial charge on any atom is -0.381 e. The molecule has 1 aromatic rings. The number of halogens is 2. The second-order valence-electron chi connectivity index (χ2n) is 8.18.